The van der Waals surface area contributed by atoms with Gasteiger partial charge in [-0.2, -0.15) is 0 Å². The van der Waals surface area contributed by atoms with Gasteiger partial charge in [0.25, 0.3) is 0 Å². The lowest BCUT2D eigenvalue weighted by atomic mass is 10.3. The monoisotopic (exact) mass is 313 g/mol. The van der Waals surface area contributed by atoms with Crippen molar-refractivity contribution in [2.45, 2.75) is 6.54 Å². The zero-order chi connectivity index (χ0) is 16.4. The summed E-state index contributed by atoms with van der Waals surface area (Å²) in [6, 6.07) is 12.3. The molecular formula is C16H12FN3O3. The first kappa shape index (κ1) is 14.7. The standard InChI is InChI=1S/C16H12FN3O3/c17-10-5-1-2-6-11(10)18-14(21)9-20-13-8-4-3-7-12(13)19-15(22)16(20)23/h1-8H,9H2,(H,18,21)(H,19,22). The van der Waals surface area contributed by atoms with E-state index < -0.39 is 29.4 Å². The van der Waals surface area contributed by atoms with Gasteiger partial charge in [0, 0.05) is 0 Å². The van der Waals surface area contributed by atoms with Crippen LogP contribution in [0.25, 0.3) is 11.0 Å². The Balaban J connectivity index is 1.97. The van der Waals surface area contributed by atoms with Gasteiger partial charge in [-0.1, -0.05) is 24.3 Å². The average molecular weight is 313 g/mol. The molecule has 0 spiro atoms. The van der Waals surface area contributed by atoms with E-state index in [-0.39, 0.29) is 5.69 Å². The van der Waals surface area contributed by atoms with Crippen molar-refractivity contribution in [2.24, 2.45) is 0 Å². The van der Waals surface area contributed by atoms with Gasteiger partial charge in [0.05, 0.1) is 16.7 Å². The van der Waals surface area contributed by atoms with Crippen LogP contribution in [-0.2, 0) is 11.3 Å². The van der Waals surface area contributed by atoms with Crippen molar-refractivity contribution in [3.8, 4) is 0 Å². The van der Waals surface area contributed by atoms with Crippen LogP contribution in [0.2, 0.25) is 0 Å². The highest BCUT2D eigenvalue weighted by Crippen LogP contribution is 2.13. The lowest BCUT2D eigenvalue weighted by Crippen LogP contribution is -2.38. The van der Waals surface area contributed by atoms with Gasteiger partial charge in [0.15, 0.2) is 0 Å². The molecule has 0 saturated heterocycles. The van der Waals surface area contributed by atoms with Gasteiger partial charge < -0.3 is 10.3 Å². The minimum absolute atomic E-state index is 0.0136. The smallest absolute Gasteiger partial charge is 0.317 e. The molecule has 0 aliphatic carbocycles. The number of para-hydroxylation sites is 3. The Morgan fingerprint density at radius 1 is 1.09 bits per heavy atom. The average Bonchev–Trinajstić information content (AvgIpc) is 2.54. The lowest BCUT2D eigenvalue weighted by molar-refractivity contribution is -0.116. The number of benzene rings is 2. The summed E-state index contributed by atoms with van der Waals surface area (Å²) in [4.78, 5) is 38.2. The Labute approximate surface area is 129 Å². The van der Waals surface area contributed by atoms with Gasteiger partial charge in [-0.3, -0.25) is 19.0 Å². The number of aromatic amines is 1. The summed E-state index contributed by atoms with van der Waals surface area (Å²) in [5.41, 5.74) is -0.786. The molecule has 1 aromatic heterocycles. The normalized spacial score (nSPS) is 10.7. The first-order chi connectivity index (χ1) is 11.1. The SMILES string of the molecule is O=C(Cn1c(=O)c(=O)[nH]c2ccccc21)Nc1ccccc1F. The predicted octanol–water partition coefficient (Wildman–Crippen LogP) is 1.47. The molecule has 0 saturated carbocycles. The minimum Gasteiger partial charge on any atom is -0.322 e. The summed E-state index contributed by atoms with van der Waals surface area (Å²) in [6.45, 7) is -0.391. The van der Waals surface area contributed by atoms with E-state index in [9.17, 15) is 18.8 Å². The number of carbonyl (C=O) groups is 1. The number of amides is 1. The Morgan fingerprint density at radius 3 is 2.57 bits per heavy atom. The largest absolute Gasteiger partial charge is 0.322 e. The number of H-pyrrole nitrogens is 1. The number of anilines is 1. The third-order valence-corrected chi connectivity index (χ3v) is 3.33. The number of halogens is 1. The number of hydrogen-bond acceptors (Lipinski definition) is 3. The van der Waals surface area contributed by atoms with Crippen LogP contribution in [0.4, 0.5) is 10.1 Å². The topological polar surface area (TPSA) is 84.0 Å². The van der Waals surface area contributed by atoms with Gasteiger partial charge in [-0.25, -0.2) is 4.39 Å². The number of hydrogen-bond donors (Lipinski definition) is 2. The summed E-state index contributed by atoms with van der Waals surface area (Å²) >= 11 is 0. The zero-order valence-electron chi connectivity index (χ0n) is 11.9. The van der Waals surface area contributed by atoms with E-state index in [0.29, 0.717) is 11.0 Å². The maximum atomic E-state index is 13.5. The number of fused-ring (bicyclic) bond motifs is 1. The predicted molar refractivity (Wildman–Crippen MR) is 83.9 cm³/mol. The molecule has 0 fully saturated rings. The Kier molecular flexibility index (Phi) is 3.76. The molecule has 23 heavy (non-hydrogen) atoms. The molecule has 116 valence electrons. The first-order valence-electron chi connectivity index (χ1n) is 6.82. The van der Waals surface area contributed by atoms with Crippen molar-refractivity contribution in [1.82, 2.24) is 9.55 Å². The van der Waals surface area contributed by atoms with E-state index in [1.165, 1.54) is 18.2 Å². The van der Waals surface area contributed by atoms with Crippen LogP contribution in [0.1, 0.15) is 0 Å². The lowest BCUT2D eigenvalue weighted by Gasteiger charge is -2.10. The minimum atomic E-state index is -0.840. The van der Waals surface area contributed by atoms with E-state index in [2.05, 4.69) is 10.3 Å². The second-order valence-electron chi connectivity index (χ2n) is 4.89. The second kappa shape index (κ2) is 5.88. The zero-order valence-corrected chi connectivity index (χ0v) is 11.9. The molecule has 0 aliphatic rings. The molecule has 0 radical (unpaired) electrons. The van der Waals surface area contributed by atoms with Crippen molar-refractivity contribution < 1.29 is 9.18 Å². The fraction of sp³-hybridized carbons (Fsp3) is 0.0625. The quantitative estimate of drug-likeness (QED) is 0.718. The van der Waals surface area contributed by atoms with Gasteiger partial charge in [-0.05, 0) is 24.3 Å². The summed E-state index contributed by atoms with van der Waals surface area (Å²) in [7, 11) is 0. The maximum absolute atomic E-state index is 13.5. The molecule has 0 atom stereocenters. The highest BCUT2D eigenvalue weighted by molar-refractivity contribution is 5.91. The summed E-state index contributed by atoms with van der Waals surface area (Å²) < 4.78 is 14.6. The number of nitrogens with one attached hydrogen (secondary N) is 2. The molecule has 0 bridgehead atoms. The molecule has 0 unspecified atom stereocenters. The summed E-state index contributed by atoms with van der Waals surface area (Å²) in [6.07, 6.45) is 0. The Hall–Kier alpha value is -3.22. The van der Waals surface area contributed by atoms with Crippen LogP contribution in [0, 0.1) is 5.82 Å². The van der Waals surface area contributed by atoms with Gasteiger partial charge in [0.1, 0.15) is 12.4 Å². The number of aromatic nitrogens is 2. The second-order valence-corrected chi connectivity index (χ2v) is 4.89. The van der Waals surface area contributed by atoms with Crippen molar-refractivity contribution >= 4 is 22.6 Å². The molecule has 1 heterocycles. The van der Waals surface area contributed by atoms with Gasteiger partial charge in [-0.15, -0.1) is 0 Å². The van der Waals surface area contributed by atoms with Crippen LogP contribution in [0.5, 0.6) is 0 Å². The molecule has 2 N–H and O–H groups in total. The number of nitrogens with zero attached hydrogens (tertiary/aromatic N) is 1. The number of rotatable bonds is 3. The Bertz CT molecular complexity index is 1010. The van der Waals surface area contributed by atoms with E-state index in [1.54, 1.807) is 30.3 Å². The van der Waals surface area contributed by atoms with Crippen LogP contribution in [0.3, 0.4) is 0 Å². The van der Waals surface area contributed by atoms with Gasteiger partial charge in [0.2, 0.25) is 5.91 Å². The van der Waals surface area contributed by atoms with E-state index >= 15 is 0 Å². The highest BCUT2D eigenvalue weighted by atomic mass is 19.1. The fourth-order valence-corrected chi connectivity index (χ4v) is 2.28. The van der Waals surface area contributed by atoms with Crippen LogP contribution in [0.15, 0.2) is 58.1 Å². The van der Waals surface area contributed by atoms with Crippen LogP contribution < -0.4 is 16.4 Å². The summed E-state index contributed by atoms with van der Waals surface area (Å²) in [5, 5.41) is 2.38. The van der Waals surface area contributed by atoms with Gasteiger partial charge >= 0.3 is 11.1 Å². The van der Waals surface area contributed by atoms with E-state index in [4.69, 9.17) is 0 Å². The molecule has 3 rings (SSSR count). The Morgan fingerprint density at radius 2 is 1.78 bits per heavy atom. The fourth-order valence-electron chi connectivity index (χ4n) is 2.28. The highest BCUT2D eigenvalue weighted by Gasteiger charge is 2.12. The summed E-state index contributed by atoms with van der Waals surface area (Å²) in [5.74, 6) is -1.18. The van der Waals surface area contributed by atoms with Crippen LogP contribution in [-0.4, -0.2) is 15.5 Å². The molecule has 2 aromatic carbocycles. The molecule has 3 aromatic rings. The van der Waals surface area contributed by atoms with E-state index in [0.717, 1.165) is 4.57 Å². The molecule has 1 amide bonds. The molecular weight excluding hydrogens is 301 g/mol. The number of carbonyl (C=O) groups excluding carboxylic acids is 1. The third kappa shape index (κ3) is 2.89. The van der Waals surface area contributed by atoms with E-state index in [1.807, 2.05) is 0 Å². The molecule has 0 aliphatic heterocycles. The van der Waals surface area contributed by atoms with Crippen molar-refractivity contribution in [3.05, 3.63) is 75.1 Å². The molecule has 6 nitrogen and oxygen atoms in total. The van der Waals surface area contributed by atoms with Crippen molar-refractivity contribution in [1.29, 1.82) is 0 Å². The van der Waals surface area contributed by atoms with Crippen LogP contribution >= 0.6 is 0 Å². The van der Waals surface area contributed by atoms with Crippen molar-refractivity contribution in [3.63, 3.8) is 0 Å². The maximum Gasteiger partial charge on any atom is 0.317 e. The third-order valence-electron chi connectivity index (χ3n) is 3.33. The first-order valence-corrected chi connectivity index (χ1v) is 6.82. The molecule has 7 heteroatoms. The van der Waals surface area contributed by atoms with Crippen molar-refractivity contribution in [2.75, 3.05) is 5.32 Å².